The highest BCUT2D eigenvalue weighted by atomic mass is 32.2. The summed E-state index contributed by atoms with van der Waals surface area (Å²) in [6, 6.07) is 8.31. The molecule has 1 fully saturated rings. The van der Waals surface area contributed by atoms with Crippen LogP contribution in [0.4, 0.5) is 0 Å². The number of rotatable bonds is 2. The highest BCUT2D eigenvalue weighted by Gasteiger charge is 2.18. The molecule has 3 nitrogen and oxygen atoms in total. The van der Waals surface area contributed by atoms with E-state index in [0.717, 1.165) is 29.6 Å². The summed E-state index contributed by atoms with van der Waals surface area (Å²) in [5.41, 5.74) is 2.65. The molecule has 0 unspecified atom stereocenters. The Morgan fingerprint density at radius 3 is 3.05 bits per heavy atom. The molecule has 0 bridgehead atoms. The molecule has 0 N–H and O–H groups in total. The van der Waals surface area contributed by atoms with Crippen molar-refractivity contribution in [1.29, 1.82) is 0 Å². The molecule has 1 aromatic heterocycles. The van der Waals surface area contributed by atoms with Gasteiger partial charge in [-0.05, 0) is 43.2 Å². The minimum absolute atomic E-state index is 0.250. The average molecular weight is 303 g/mol. The fourth-order valence-corrected chi connectivity index (χ4v) is 3.94. The summed E-state index contributed by atoms with van der Waals surface area (Å²) >= 11 is 2.02. The maximum Gasteiger partial charge on any atom is 0.336 e. The van der Waals surface area contributed by atoms with Crippen molar-refractivity contribution in [2.24, 2.45) is 0 Å². The van der Waals surface area contributed by atoms with Gasteiger partial charge in [0, 0.05) is 36.3 Å². The summed E-state index contributed by atoms with van der Waals surface area (Å²) in [5, 5.41) is 1.06. The van der Waals surface area contributed by atoms with Crippen LogP contribution in [0.3, 0.4) is 0 Å². The fraction of sp³-hybridized carbons (Fsp3) is 0.471. The van der Waals surface area contributed by atoms with Crippen LogP contribution in [0.25, 0.3) is 11.0 Å². The molecule has 0 saturated carbocycles. The molecule has 4 heteroatoms. The smallest absolute Gasteiger partial charge is 0.336 e. The van der Waals surface area contributed by atoms with Gasteiger partial charge in [0.1, 0.15) is 5.58 Å². The van der Waals surface area contributed by atoms with Crippen LogP contribution in [-0.2, 0) is 6.54 Å². The van der Waals surface area contributed by atoms with E-state index < -0.39 is 0 Å². The van der Waals surface area contributed by atoms with Crippen molar-refractivity contribution in [2.45, 2.75) is 32.9 Å². The molecule has 112 valence electrons. The van der Waals surface area contributed by atoms with Gasteiger partial charge in [-0.3, -0.25) is 4.90 Å². The second-order valence-corrected chi connectivity index (χ2v) is 7.04. The fourth-order valence-electron chi connectivity index (χ4n) is 2.86. The second kappa shape index (κ2) is 6.24. The largest absolute Gasteiger partial charge is 0.423 e. The number of aryl methyl sites for hydroxylation is 1. The first-order chi connectivity index (χ1) is 10.1. The third kappa shape index (κ3) is 3.33. The van der Waals surface area contributed by atoms with E-state index in [9.17, 15) is 4.79 Å². The van der Waals surface area contributed by atoms with Gasteiger partial charge in [0.05, 0.1) is 0 Å². The number of hydrogen-bond donors (Lipinski definition) is 0. The molecule has 0 radical (unpaired) electrons. The Hall–Kier alpha value is -1.26. The SMILES string of the molecule is Cc1ccc2c(CN3CCSCC[C@H]3C)cc(=O)oc2c1. The van der Waals surface area contributed by atoms with Crippen LogP contribution in [0.2, 0.25) is 0 Å². The van der Waals surface area contributed by atoms with Crippen LogP contribution in [-0.4, -0.2) is 29.0 Å². The summed E-state index contributed by atoms with van der Waals surface area (Å²) < 4.78 is 5.35. The van der Waals surface area contributed by atoms with E-state index in [1.54, 1.807) is 6.07 Å². The van der Waals surface area contributed by atoms with Crippen molar-refractivity contribution in [3.63, 3.8) is 0 Å². The van der Waals surface area contributed by atoms with E-state index in [2.05, 4.69) is 24.0 Å². The Morgan fingerprint density at radius 2 is 2.19 bits per heavy atom. The zero-order valence-electron chi connectivity index (χ0n) is 12.6. The summed E-state index contributed by atoms with van der Waals surface area (Å²) in [5.74, 6) is 2.40. The Bertz CT molecular complexity index is 695. The molecule has 3 rings (SSSR count). The summed E-state index contributed by atoms with van der Waals surface area (Å²) in [7, 11) is 0. The molecule has 0 spiro atoms. The highest BCUT2D eigenvalue weighted by molar-refractivity contribution is 7.99. The Kier molecular flexibility index (Phi) is 4.36. The molecule has 1 aliphatic rings. The van der Waals surface area contributed by atoms with Gasteiger partial charge in [-0.2, -0.15) is 11.8 Å². The molecule has 1 atom stereocenters. The molecular weight excluding hydrogens is 282 g/mol. The van der Waals surface area contributed by atoms with Crippen LogP contribution in [0.15, 0.2) is 33.5 Å². The summed E-state index contributed by atoms with van der Waals surface area (Å²) in [6.45, 7) is 6.20. The van der Waals surface area contributed by atoms with Crippen molar-refractivity contribution in [1.82, 2.24) is 4.90 Å². The Morgan fingerprint density at radius 1 is 1.33 bits per heavy atom. The predicted molar refractivity (Wildman–Crippen MR) is 89.0 cm³/mol. The van der Waals surface area contributed by atoms with E-state index in [1.807, 2.05) is 24.8 Å². The van der Waals surface area contributed by atoms with Crippen molar-refractivity contribution >= 4 is 22.7 Å². The zero-order chi connectivity index (χ0) is 14.8. The molecular formula is C17H21NO2S. The third-order valence-corrected chi connectivity index (χ3v) is 5.18. The summed E-state index contributed by atoms with van der Waals surface area (Å²) in [4.78, 5) is 14.3. The van der Waals surface area contributed by atoms with Crippen LogP contribution >= 0.6 is 11.8 Å². The minimum Gasteiger partial charge on any atom is -0.423 e. The van der Waals surface area contributed by atoms with Gasteiger partial charge in [-0.15, -0.1) is 0 Å². The van der Waals surface area contributed by atoms with Crippen LogP contribution in [0.1, 0.15) is 24.5 Å². The first-order valence-electron chi connectivity index (χ1n) is 7.48. The molecule has 2 aromatic rings. The number of nitrogens with zero attached hydrogens (tertiary/aromatic N) is 1. The van der Waals surface area contributed by atoms with E-state index in [4.69, 9.17) is 4.42 Å². The normalized spacial score (nSPS) is 20.6. The van der Waals surface area contributed by atoms with Gasteiger partial charge in [0.25, 0.3) is 0 Å². The van der Waals surface area contributed by atoms with E-state index >= 15 is 0 Å². The van der Waals surface area contributed by atoms with Gasteiger partial charge >= 0.3 is 5.63 Å². The molecule has 0 aliphatic carbocycles. The minimum atomic E-state index is -0.250. The van der Waals surface area contributed by atoms with Crippen molar-refractivity contribution < 1.29 is 4.42 Å². The molecule has 1 aliphatic heterocycles. The van der Waals surface area contributed by atoms with Gasteiger partial charge in [0.2, 0.25) is 0 Å². The third-order valence-electron chi connectivity index (χ3n) is 4.19. The van der Waals surface area contributed by atoms with Gasteiger partial charge in [-0.25, -0.2) is 4.79 Å². The zero-order valence-corrected chi connectivity index (χ0v) is 13.4. The topological polar surface area (TPSA) is 33.5 Å². The van der Waals surface area contributed by atoms with E-state index in [0.29, 0.717) is 11.6 Å². The standard InChI is InChI=1S/C17H21NO2S/c1-12-3-4-15-14(10-17(19)20-16(15)9-12)11-18-6-8-21-7-5-13(18)2/h3-4,9-10,13H,5-8,11H2,1-2H3/t13-/m1/s1. The van der Waals surface area contributed by atoms with E-state index in [1.165, 1.54) is 17.9 Å². The number of fused-ring (bicyclic) bond motifs is 1. The second-order valence-electron chi connectivity index (χ2n) is 5.81. The maximum absolute atomic E-state index is 11.8. The van der Waals surface area contributed by atoms with Crippen LogP contribution in [0, 0.1) is 6.92 Å². The number of benzene rings is 1. The lowest BCUT2D eigenvalue weighted by Crippen LogP contribution is -2.33. The van der Waals surface area contributed by atoms with Gasteiger partial charge in [0.15, 0.2) is 0 Å². The highest BCUT2D eigenvalue weighted by Crippen LogP contribution is 2.23. The lowest BCUT2D eigenvalue weighted by atomic mass is 10.1. The Labute approximate surface area is 129 Å². The molecule has 21 heavy (non-hydrogen) atoms. The monoisotopic (exact) mass is 303 g/mol. The average Bonchev–Trinajstić information content (AvgIpc) is 2.63. The Balaban J connectivity index is 1.97. The lowest BCUT2D eigenvalue weighted by Gasteiger charge is -2.26. The molecule has 0 amide bonds. The maximum atomic E-state index is 11.8. The quantitative estimate of drug-likeness (QED) is 0.796. The van der Waals surface area contributed by atoms with E-state index in [-0.39, 0.29) is 5.63 Å². The lowest BCUT2D eigenvalue weighted by molar-refractivity contribution is 0.213. The summed E-state index contributed by atoms with van der Waals surface area (Å²) in [6.07, 6.45) is 1.21. The van der Waals surface area contributed by atoms with Gasteiger partial charge in [-0.1, -0.05) is 12.1 Å². The number of hydrogen-bond acceptors (Lipinski definition) is 4. The predicted octanol–water partition coefficient (Wildman–Crippen LogP) is 3.43. The van der Waals surface area contributed by atoms with Crippen molar-refractivity contribution in [3.05, 3.63) is 45.8 Å². The first-order valence-corrected chi connectivity index (χ1v) is 8.64. The molecule has 2 heterocycles. The molecule has 1 aromatic carbocycles. The molecule has 1 saturated heterocycles. The first kappa shape index (κ1) is 14.7. The van der Waals surface area contributed by atoms with Crippen LogP contribution in [0.5, 0.6) is 0 Å². The van der Waals surface area contributed by atoms with Crippen LogP contribution < -0.4 is 5.63 Å². The number of thioether (sulfide) groups is 1. The van der Waals surface area contributed by atoms with Crippen molar-refractivity contribution in [3.8, 4) is 0 Å². The van der Waals surface area contributed by atoms with Gasteiger partial charge < -0.3 is 4.42 Å². The van der Waals surface area contributed by atoms with Crippen molar-refractivity contribution in [2.75, 3.05) is 18.1 Å².